The van der Waals surface area contributed by atoms with Crippen molar-refractivity contribution in [3.63, 3.8) is 0 Å². The van der Waals surface area contributed by atoms with Crippen LogP contribution in [0.25, 0.3) is 0 Å². The summed E-state index contributed by atoms with van der Waals surface area (Å²) in [6, 6.07) is 0. The summed E-state index contributed by atoms with van der Waals surface area (Å²) in [5, 5.41) is 0. The Hall–Kier alpha value is -1.66. The summed E-state index contributed by atoms with van der Waals surface area (Å²) in [6.45, 7) is 9.23. The number of carbonyl (C=O) groups is 2. The summed E-state index contributed by atoms with van der Waals surface area (Å²) in [5.41, 5.74) is 0. The Morgan fingerprint density at radius 2 is 0.857 bits per heavy atom. The molecule has 0 aromatic heterocycles. The van der Waals surface area contributed by atoms with E-state index in [-0.39, 0.29) is 13.2 Å². The molecule has 0 atom stereocenters. The first-order valence-corrected chi connectivity index (χ1v) is 9.87. The van der Waals surface area contributed by atoms with Crippen molar-refractivity contribution in [2.24, 2.45) is 0 Å². The molecule has 0 radical (unpaired) electrons. The van der Waals surface area contributed by atoms with Gasteiger partial charge >= 0.3 is 11.9 Å². The van der Waals surface area contributed by atoms with Gasteiger partial charge in [0.25, 0.3) is 0 Å². The molecule has 0 aliphatic carbocycles. The molecule has 8 nitrogen and oxygen atoms in total. The van der Waals surface area contributed by atoms with Gasteiger partial charge in [-0.15, -0.1) is 0 Å². The lowest BCUT2D eigenvalue weighted by molar-refractivity contribution is -0.139. The minimum absolute atomic E-state index is 0.189. The van der Waals surface area contributed by atoms with Gasteiger partial charge in [0.2, 0.25) is 0 Å². The minimum atomic E-state index is -0.758. The molecule has 0 saturated carbocycles. The molecule has 0 aliphatic heterocycles. The fraction of sp³-hybridized carbons (Fsp3) is 0.800. The van der Waals surface area contributed by atoms with Gasteiger partial charge in [0.05, 0.1) is 13.2 Å². The second-order valence-electron chi connectivity index (χ2n) is 5.55. The van der Waals surface area contributed by atoms with Gasteiger partial charge in [-0.3, -0.25) is 0 Å². The number of carbonyl (C=O) groups excluding carboxylic acids is 2. The summed E-state index contributed by atoms with van der Waals surface area (Å²) in [5.74, 6) is 2.68. The average Bonchev–Trinajstić information content (AvgIpc) is 2.69. The highest BCUT2D eigenvalue weighted by Gasteiger charge is 2.01. The van der Waals surface area contributed by atoms with Crippen molar-refractivity contribution in [3.05, 3.63) is 0 Å². The van der Waals surface area contributed by atoms with Crippen LogP contribution in [-0.4, -0.2) is 78.0 Å². The van der Waals surface area contributed by atoms with Gasteiger partial charge in [-0.2, -0.15) is 0 Å². The summed E-state index contributed by atoms with van der Waals surface area (Å²) in [7, 11) is 0. The number of rotatable bonds is 18. The van der Waals surface area contributed by atoms with Crippen LogP contribution in [-0.2, 0) is 38.0 Å². The first-order chi connectivity index (χ1) is 13.7. The Labute approximate surface area is 168 Å². The smallest absolute Gasteiger partial charge is 0.384 e. The zero-order valence-electron chi connectivity index (χ0n) is 17.2. The second-order valence-corrected chi connectivity index (χ2v) is 5.55. The molecular formula is C20H34O8. The van der Waals surface area contributed by atoms with Crippen molar-refractivity contribution >= 4 is 11.9 Å². The van der Waals surface area contributed by atoms with Crippen LogP contribution in [0.5, 0.6) is 0 Å². The molecule has 0 amide bonds. The molecule has 0 N–H and O–H groups in total. The van der Waals surface area contributed by atoms with Crippen molar-refractivity contribution in [3.8, 4) is 11.8 Å². The molecular weight excluding hydrogens is 368 g/mol. The molecule has 0 spiro atoms. The van der Waals surface area contributed by atoms with Crippen LogP contribution in [0.4, 0.5) is 0 Å². The van der Waals surface area contributed by atoms with Crippen LogP contribution in [0.2, 0.25) is 0 Å². The third-order valence-electron chi connectivity index (χ3n) is 3.16. The highest BCUT2D eigenvalue weighted by Crippen LogP contribution is 1.91. The highest BCUT2D eigenvalue weighted by molar-refractivity contribution is 5.98. The zero-order valence-corrected chi connectivity index (χ0v) is 17.2. The first-order valence-electron chi connectivity index (χ1n) is 9.87. The number of hydrogen-bond donors (Lipinski definition) is 0. The summed E-state index contributed by atoms with van der Waals surface area (Å²) in [6.07, 6.45) is 2.80. The standard InChI is InChI=1S/C20H34O8/c1-3-23-11-5-13-25-15-7-17-27-19(21)9-10-20(22)28-18-8-16-26-14-6-12-24-4-2/h3-8,11-18H2,1-2H3. The first kappa shape index (κ1) is 26.3. The van der Waals surface area contributed by atoms with Crippen LogP contribution in [0.1, 0.15) is 39.5 Å². The van der Waals surface area contributed by atoms with Gasteiger partial charge in [-0.05, 0) is 26.7 Å². The molecule has 28 heavy (non-hydrogen) atoms. The molecule has 8 heteroatoms. The van der Waals surface area contributed by atoms with E-state index in [0.29, 0.717) is 65.7 Å². The van der Waals surface area contributed by atoms with E-state index in [2.05, 4.69) is 11.8 Å². The van der Waals surface area contributed by atoms with E-state index < -0.39 is 11.9 Å². The summed E-state index contributed by atoms with van der Waals surface area (Å²) < 4.78 is 30.8. The zero-order chi connectivity index (χ0) is 20.7. The third kappa shape index (κ3) is 20.6. The summed E-state index contributed by atoms with van der Waals surface area (Å²) >= 11 is 0. The van der Waals surface area contributed by atoms with Gasteiger partial charge in [-0.25, -0.2) is 9.59 Å². The summed E-state index contributed by atoms with van der Waals surface area (Å²) in [4.78, 5) is 22.8. The molecule has 0 saturated heterocycles. The van der Waals surface area contributed by atoms with E-state index in [1.807, 2.05) is 13.8 Å². The maximum absolute atomic E-state index is 11.4. The fourth-order valence-corrected chi connectivity index (χ4v) is 1.84. The lowest BCUT2D eigenvalue weighted by Gasteiger charge is -2.04. The van der Waals surface area contributed by atoms with Gasteiger partial charge in [0, 0.05) is 77.5 Å². The molecule has 0 fully saturated rings. The molecule has 0 bridgehead atoms. The molecule has 0 aromatic rings. The van der Waals surface area contributed by atoms with Crippen LogP contribution in [0.3, 0.4) is 0 Å². The Morgan fingerprint density at radius 3 is 1.21 bits per heavy atom. The SMILES string of the molecule is CCOCCCOCCCOC(=O)C#CC(=O)OCCCOCCCOCC. The van der Waals surface area contributed by atoms with Crippen molar-refractivity contribution in [2.45, 2.75) is 39.5 Å². The van der Waals surface area contributed by atoms with Crippen molar-refractivity contribution < 1.29 is 38.0 Å². The van der Waals surface area contributed by atoms with Crippen LogP contribution in [0, 0.1) is 11.8 Å². The molecule has 0 rings (SSSR count). The van der Waals surface area contributed by atoms with Crippen molar-refractivity contribution in [2.75, 3.05) is 66.1 Å². The van der Waals surface area contributed by atoms with E-state index in [0.717, 1.165) is 12.8 Å². The second kappa shape index (κ2) is 21.6. The lowest BCUT2D eigenvalue weighted by Crippen LogP contribution is -2.09. The largest absolute Gasteiger partial charge is 0.456 e. The maximum atomic E-state index is 11.4. The molecule has 162 valence electrons. The monoisotopic (exact) mass is 402 g/mol. The normalized spacial score (nSPS) is 10.2. The average molecular weight is 402 g/mol. The van der Waals surface area contributed by atoms with Gasteiger partial charge in [0.15, 0.2) is 0 Å². The molecule has 0 aliphatic rings. The van der Waals surface area contributed by atoms with E-state index >= 15 is 0 Å². The van der Waals surface area contributed by atoms with Crippen molar-refractivity contribution in [1.82, 2.24) is 0 Å². The topological polar surface area (TPSA) is 89.5 Å². The lowest BCUT2D eigenvalue weighted by atomic mass is 10.4. The molecule has 0 aromatic carbocycles. The van der Waals surface area contributed by atoms with E-state index in [9.17, 15) is 9.59 Å². The third-order valence-corrected chi connectivity index (χ3v) is 3.16. The van der Waals surface area contributed by atoms with E-state index in [1.54, 1.807) is 0 Å². The van der Waals surface area contributed by atoms with Gasteiger partial charge in [-0.1, -0.05) is 0 Å². The highest BCUT2D eigenvalue weighted by atomic mass is 16.5. The Bertz CT molecular complexity index is 403. The van der Waals surface area contributed by atoms with Gasteiger partial charge in [0.1, 0.15) is 0 Å². The van der Waals surface area contributed by atoms with Crippen molar-refractivity contribution in [1.29, 1.82) is 0 Å². The van der Waals surface area contributed by atoms with Gasteiger partial charge < -0.3 is 28.4 Å². The quantitative estimate of drug-likeness (QED) is 0.148. The molecule has 0 unspecified atom stereocenters. The maximum Gasteiger partial charge on any atom is 0.384 e. The number of ether oxygens (including phenoxy) is 6. The Morgan fingerprint density at radius 1 is 0.536 bits per heavy atom. The van der Waals surface area contributed by atoms with Crippen LogP contribution in [0.15, 0.2) is 0 Å². The minimum Gasteiger partial charge on any atom is -0.456 e. The van der Waals surface area contributed by atoms with E-state index in [1.165, 1.54) is 0 Å². The Balaban J connectivity index is 3.47. The predicted molar refractivity (Wildman–Crippen MR) is 103 cm³/mol. The van der Waals surface area contributed by atoms with Crippen LogP contribution >= 0.6 is 0 Å². The predicted octanol–water partition coefficient (Wildman–Crippen LogP) is 1.74. The van der Waals surface area contributed by atoms with Crippen LogP contribution < -0.4 is 0 Å². The van der Waals surface area contributed by atoms with E-state index in [4.69, 9.17) is 28.4 Å². The Kier molecular flexibility index (Phi) is 20.4. The number of hydrogen-bond acceptors (Lipinski definition) is 8. The fourth-order valence-electron chi connectivity index (χ4n) is 1.84. The number of esters is 2. The molecule has 0 heterocycles.